The smallest absolute Gasteiger partial charge is 0.240 e. The number of hydrogen-bond donors (Lipinski definition) is 0. The van der Waals surface area contributed by atoms with Crippen molar-refractivity contribution in [2.45, 2.75) is 12.1 Å². The zero-order valence-electron chi connectivity index (χ0n) is 8.55. The molecule has 0 fully saturated rings. The normalized spacial score (nSPS) is 22.6. The van der Waals surface area contributed by atoms with Gasteiger partial charge in [0.05, 0.1) is 12.3 Å². The maximum absolute atomic E-state index is 10.3. The molecule has 0 radical (unpaired) electrons. The van der Waals surface area contributed by atoms with E-state index >= 15 is 0 Å². The van der Waals surface area contributed by atoms with Gasteiger partial charge >= 0.3 is 0 Å². The Bertz CT molecular complexity index is 427. The molecule has 0 aromatic rings. The number of hydrogen-bond acceptors (Lipinski definition) is 5. The predicted molar refractivity (Wildman–Crippen MR) is 57.0 cm³/mol. The molecule has 0 aromatic heterocycles. The van der Waals surface area contributed by atoms with Gasteiger partial charge in [-0.2, -0.15) is 9.98 Å². The van der Waals surface area contributed by atoms with Gasteiger partial charge < -0.3 is 4.74 Å². The molecular formula is C11H10N2O3. The lowest BCUT2D eigenvalue weighted by atomic mass is 10.0. The maximum Gasteiger partial charge on any atom is 0.240 e. The highest BCUT2D eigenvalue weighted by Crippen LogP contribution is 2.26. The van der Waals surface area contributed by atoms with E-state index in [1.807, 2.05) is 0 Å². The van der Waals surface area contributed by atoms with Gasteiger partial charge in [-0.3, -0.25) is 0 Å². The van der Waals surface area contributed by atoms with Gasteiger partial charge in [0, 0.05) is 6.42 Å². The van der Waals surface area contributed by atoms with Crippen molar-refractivity contribution in [3.8, 4) is 0 Å². The fourth-order valence-electron chi connectivity index (χ4n) is 1.24. The molecule has 1 aliphatic carbocycles. The summed E-state index contributed by atoms with van der Waals surface area (Å²) in [7, 11) is 0. The summed E-state index contributed by atoms with van der Waals surface area (Å²) in [6, 6.07) is 0. The Labute approximate surface area is 92.5 Å². The quantitative estimate of drug-likeness (QED) is 0.398. The minimum atomic E-state index is -1.06. The predicted octanol–water partition coefficient (Wildman–Crippen LogP) is 1.40. The zero-order chi connectivity index (χ0) is 11.9. The van der Waals surface area contributed by atoms with Gasteiger partial charge in [0.1, 0.15) is 0 Å². The van der Waals surface area contributed by atoms with Crippen LogP contribution in [-0.4, -0.2) is 24.5 Å². The molecule has 1 rings (SSSR count). The van der Waals surface area contributed by atoms with Gasteiger partial charge in [0.25, 0.3) is 0 Å². The Kier molecular flexibility index (Phi) is 4.30. The van der Waals surface area contributed by atoms with E-state index in [2.05, 4.69) is 16.6 Å². The van der Waals surface area contributed by atoms with Gasteiger partial charge in [0.15, 0.2) is 5.72 Å². The van der Waals surface area contributed by atoms with E-state index in [1.54, 1.807) is 24.3 Å². The van der Waals surface area contributed by atoms with E-state index in [0.717, 1.165) is 0 Å². The number of allylic oxidation sites excluding steroid dienone is 1. The van der Waals surface area contributed by atoms with Crippen molar-refractivity contribution in [1.29, 1.82) is 0 Å². The van der Waals surface area contributed by atoms with Crippen LogP contribution in [0.2, 0.25) is 0 Å². The molecule has 82 valence electrons. The molecule has 0 spiro atoms. The second-order valence-electron chi connectivity index (χ2n) is 3.02. The second-order valence-corrected chi connectivity index (χ2v) is 3.02. The number of ether oxygens (including phenoxy) is 1. The molecule has 0 saturated carbocycles. The molecule has 16 heavy (non-hydrogen) atoms. The van der Waals surface area contributed by atoms with Crippen molar-refractivity contribution in [2.24, 2.45) is 9.98 Å². The summed E-state index contributed by atoms with van der Waals surface area (Å²) in [5.41, 5.74) is -0.591. The minimum Gasteiger partial charge on any atom is -0.345 e. The summed E-state index contributed by atoms with van der Waals surface area (Å²) in [5, 5.41) is 0. The molecule has 0 aliphatic heterocycles. The summed E-state index contributed by atoms with van der Waals surface area (Å²) in [6.07, 6.45) is 9.49. The molecule has 5 nitrogen and oxygen atoms in total. The number of aliphatic imine (C=N–C) groups is 2. The first-order chi connectivity index (χ1) is 7.76. The molecule has 0 aromatic carbocycles. The average Bonchev–Trinajstić information content (AvgIpc) is 2.30. The highest BCUT2D eigenvalue weighted by atomic mass is 16.5. The summed E-state index contributed by atoms with van der Waals surface area (Å²) in [5.74, 6) is 0. The van der Waals surface area contributed by atoms with Crippen molar-refractivity contribution in [1.82, 2.24) is 0 Å². The van der Waals surface area contributed by atoms with Crippen LogP contribution in [0.5, 0.6) is 0 Å². The van der Waals surface area contributed by atoms with Crippen molar-refractivity contribution in [2.75, 3.05) is 6.61 Å². The summed E-state index contributed by atoms with van der Waals surface area (Å²) < 4.78 is 5.37. The third-order valence-corrected chi connectivity index (χ3v) is 1.98. The number of isocyanates is 2. The van der Waals surface area contributed by atoms with Crippen molar-refractivity contribution in [3.63, 3.8) is 0 Å². The molecule has 5 heteroatoms. The summed E-state index contributed by atoms with van der Waals surface area (Å²) in [6.45, 7) is 3.77. The maximum atomic E-state index is 10.3. The van der Waals surface area contributed by atoms with E-state index in [4.69, 9.17) is 4.74 Å². The van der Waals surface area contributed by atoms with Crippen LogP contribution in [0.25, 0.3) is 0 Å². The second kappa shape index (κ2) is 5.73. The lowest BCUT2D eigenvalue weighted by molar-refractivity contribution is 0.0172. The third-order valence-electron chi connectivity index (χ3n) is 1.98. The molecule has 0 bridgehead atoms. The molecule has 0 saturated heterocycles. The summed E-state index contributed by atoms with van der Waals surface area (Å²) >= 11 is 0. The molecule has 1 unspecified atom stereocenters. The van der Waals surface area contributed by atoms with Crippen LogP contribution in [0.15, 0.2) is 46.6 Å². The Morgan fingerprint density at radius 3 is 2.88 bits per heavy atom. The van der Waals surface area contributed by atoms with Crippen LogP contribution < -0.4 is 0 Å². The largest absolute Gasteiger partial charge is 0.345 e. The van der Waals surface area contributed by atoms with Crippen LogP contribution in [0.4, 0.5) is 0 Å². The van der Waals surface area contributed by atoms with Gasteiger partial charge in [-0.1, -0.05) is 12.2 Å². The monoisotopic (exact) mass is 218 g/mol. The van der Waals surface area contributed by atoms with Crippen molar-refractivity contribution in [3.05, 3.63) is 36.6 Å². The molecule has 0 amide bonds. The van der Waals surface area contributed by atoms with E-state index in [9.17, 15) is 9.59 Å². The van der Waals surface area contributed by atoms with E-state index in [-0.39, 0.29) is 6.61 Å². The number of rotatable bonds is 5. The SMILES string of the molecule is C=CCOC1(N=C=O)C=CC(N=C=O)=CC1. The Morgan fingerprint density at radius 1 is 1.56 bits per heavy atom. The Morgan fingerprint density at radius 2 is 2.38 bits per heavy atom. The first-order valence-corrected chi connectivity index (χ1v) is 4.57. The fraction of sp³-hybridized carbons (Fsp3) is 0.273. The lowest BCUT2D eigenvalue weighted by Crippen LogP contribution is -2.28. The van der Waals surface area contributed by atoms with Crippen molar-refractivity contribution >= 4 is 12.2 Å². The number of carbonyl (C=O) groups excluding carboxylic acids is 2. The van der Waals surface area contributed by atoms with Crippen LogP contribution in [-0.2, 0) is 14.3 Å². The molecular weight excluding hydrogens is 208 g/mol. The zero-order valence-corrected chi connectivity index (χ0v) is 8.55. The van der Waals surface area contributed by atoms with Gasteiger partial charge in [-0.25, -0.2) is 9.59 Å². The van der Waals surface area contributed by atoms with Crippen LogP contribution in [0, 0.1) is 0 Å². The van der Waals surface area contributed by atoms with Crippen LogP contribution in [0.3, 0.4) is 0 Å². The fourth-order valence-corrected chi connectivity index (χ4v) is 1.24. The standard InChI is InChI=1S/C11H10N2O3/c1-2-7-16-11(13-9-15)5-3-10(4-6-11)12-8-14/h2-5H,1,6-7H2. The van der Waals surface area contributed by atoms with Crippen LogP contribution in [0.1, 0.15) is 6.42 Å². The molecule has 0 N–H and O–H groups in total. The first-order valence-electron chi connectivity index (χ1n) is 4.57. The van der Waals surface area contributed by atoms with Crippen molar-refractivity contribution < 1.29 is 14.3 Å². The van der Waals surface area contributed by atoms with Gasteiger partial charge in [0.2, 0.25) is 12.2 Å². The third kappa shape index (κ3) is 2.97. The lowest BCUT2D eigenvalue weighted by Gasteiger charge is -2.25. The van der Waals surface area contributed by atoms with E-state index in [0.29, 0.717) is 12.1 Å². The van der Waals surface area contributed by atoms with Gasteiger partial charge in [-0.15, -0.1) is 6.58 Å². The van der Waals surface area contributed by atoms with Gasteiger partial charge in [-0.05, 0) is 12.2 Å². The first kappa shape index (κ1) is 12.0. The Hall–Kier alpha value is -2.06. The topological polar surface area (TPSA) is 68.1 Å². The number of nitrogens with zero attached hydrogens (tertiary/aromatic N) is 2. The highest BCUT2D eigenvalue weighted by molar-refractivity contribution is 5.42. The Balaban J connectivity index is 2.85. The van der Waals surface area contributed by atoms with E-state index in [1.165, 1.54) is 12.2 Å². The molecule has 1 aliphatic rings. The minimum absolute atomic E-state index is 0.260. The molecule has 1 atom stereocenters. The average molecular weight is 218 g/mol. The highest BCUT2D eigenvalue weighted by Gasteiger charge is 2.28. The molecule has 0 heterocycles. The summed E-state index contributed by atoms with van der Waals surface area (Å²) in [4.78, 5) is 27.4. The van der Waals surface area contributed by atoms with E-state index < -0.39 is 5.72 Å². The van der Waals surface area contributed by atoms with Crippen LogP contribution >= 0.6 is 0 Å².